The predicted octanol–water partition coefficient (Wildman–Crippen LogP) is 4.39. The van der Waals surface area contributed by atoms with Crippen molar-refractivity contribution in [1.82, 2.24) is 5.16 Å². The maximum absolute atomic E-state index is 12.6. The number of nitrogens with zero attached hydrogens (tertiary/aromatic N) is 2. The first-order valence-electron chi connectivity index (χ1n) is 9.28. The fraction of sp³-hybridized carbons (Fsp3) is 0.333. The molecule has 2 aromatic carbocycles. The molecule has 0 radical (unpaired) electrons. The smallest absolute Gasteiger partial charge is 0.230 e. The molecule has 2 heterocycles. The summed E-state index contributed by atoms with van der Waals surface area (Å²) in [5.74, 6) is -0.0775. The lowest BCUT2D eigenvalue weighted by Crippen LogP contribution is -2.26. The summed E-state index contributed by atoms with van der Waals surface area (Å²) in [5, 5.41) is 8.02. The highest BCUT2D eigenvalue weighted by Gasteiger charge is 2.16. The van der Waals surface area contributed by atoms with Crippen molar-refractivity contribution in [2.24, 2.45) is 0 Å². The zero-order chi connectivity index (χ0) is 17.8. The molecule has 0 saturated carbocycles. The van der Waals surface area contributed by atoms with Crippen LogP contribution in [0.3, 0.4) is 0 Å². The van der Waals surface area contributed by atoms with E-state index in [1.165, 1.54) is 25.7 Å². The van der Waals surface area contributed by atoms with Gasteiger partial charge < -0.3 is 14.7 Å². The Morgan fingerprint density at radius 2 is 1.73 bits per heavy atom. The van der Waals surface area contributed by atoms with Crippen LogP contribution in [0.25, 0.3) is 11.0 Å². The number of carbonyl (C=O) groups excluding carboxylic acids is 1. The summed E-state index contributed by atoms with van der Waals surface area (Å²) in [4.78, 5) is 15.0. The average molecular weight is 349 g/mol. The maximum Gasteiger partial charge on any atom is 0.230 e. The van der Waals surface area contributed by atoms with Crippen LogP contribution in [0, 0.1) is 0 Å². The van der Waals surface area contributed by atoms with Gasteiger partial charge in [0.1, 0.15) is 5.69 Å². The summed E-state index contributed by atoms with van der Waals surface area (Å²) in [7, 11) is 0. The summed E-state index contributed by atoms with van der Waals surface area (Å²) in [6.45, 7) is 2.08. The number of hydrogen-bond donors (Lipinski definition) is 1. The molecule has 0 atom stereocenters. The Morgan fingerprint density at radius 3 is 2.58 bits per heavy atom. The van der Waals surface area contributed by atoms with Gasteiger partial charge in [-0.1, -0.05) is 42.3 Å². The molecule has 5 nitrogen and oxygen atoms in total. The highest BCUT2D eigenvalue weighted by atomic mass is 16.5. The molecule has 0 bridgehead atoms. The number of carbonyl (C=O) groups is 1. The molecule has 1 fully saturated rings. The van der Waals surface area contributed by atoms with E-state index in [0.717, 1.165) is 29.9 Å². The van der Waals surface area contributed by atoms with Gasteiger partial charge in [-0.2, -0.15) is 0 Å². The third-order valence-corrected chi connectivity index (χ3v) is 4.91. The van der Waals surface area contributed by atoms with Gasteiger partial charge in [0.25, 0.3) is 0 Å². The predicted molar refractivity (Wildman–Crippen MR) is 103 cm³/mol. The zero-order valence-electron chi connectivity index (χ0n) is 14.8. The van der Waals surface area contributed by atoms with E-state index in [1.54, 1.807) is 0 Å². The zero-order valence-corrected chi connectivity index (χ0v) is 14.8. The van der Waals surface area contributed by atoms with Crippen LogP contribution in [-0.4, -0.2) is 24.2 Å². The molecule has 1 saturated heterocycles. The average Bonchev–Trinajstić information content (AvgIpc) is 2.88. The number of rotatable bonds is 4. The fourth-order valence-electron chi connectivity index (χ4n) is 3.58. The first-order valence-corrected chi connectivity index (χ1v) is 9.28. The number of fused-ring (bicyclic) bond motifs is 1. The van der Waals surface area contributed by atoms with E-state index < -0.39 is 0 Å². The lowest BCUT2D eigenvalue weighted by molar-refractivity contribution is -0.115. The molecular weight excluding hydrogens is 326 g/mol. The van der Waals surface area contributed by atoms with Crippen molar-refractivity contribution in [2.75, 3.05) is 23.3 Å². The second-order valence-electron chi connectivity index (χ2n) is 6.77. The first kappa shape index (κ1) is 16.6. The largest absolute Gasteiger partial charge is 0.370 e. The number of anilines is 2. The van der Waals surface area contributed by atoms with Crippen molar-refractivity contribution in [3.63, 3.8) is 0 Å². The van der Waals surface area contributed by atoms with Crippen molar-refractivity contribution < 1.29 is 9.32 Å². The van der Waals surface area contributed by atoms with E-state index in [9.17, 15) is 4.79 Å². The van der Waals surface area contributed by atoms with E-state index in [1.807, 2.05) is 42.5 Å². The third kappa shape index (κ3) is 3.57. The normalized spacial score (nSPS) is 15.0. The van der Waals surface area contributed by atoms with Crippen LogP contribution in [0.2, 0.25) is 0 Å². The van der Waals surface area contributed by atoms with E-state index in [2.05, 4.69) is 21.4 Å². The maximum atomic E-state index is 12.6. The Bertz CT molecular complexity index is 895. The summed E-state index contributed by atoms with van der Waals surface area (Å²) in [6.07, 6.45) is 5.17. The van der Waals surface area contributed by atoms with Gasteiger partial charge in [0.05, 0.1) is 17.8 Å². The minimum atomic E-state index is -0.0775. The van der Waals surface area contributed by atoms with Crippen LogP contribution in [-0.2, 0) is 11.2 Å². The molecular formula is C21H23N3O2. The summed E-state index contributed by atoms with van der Waals surface area (Å²) in [5.41, 5.74) is 3.35. The van der Waals surface area contributed by atoms with Gasteiger partial charge in [0.2, 0.25) is 5.91 Å². The highest BCUT2D eigenvalue weighted by Crippen LogP contribution is 2.28. The van der Waals surface area contributed by atoms with Crippen LogP contribution in [0.1, 0.15) is 31.4 Å². The van der Waals surface area contributed by atoms with Crippen molar-refractivity contribution in [1.29, 1.82) is 0 Å². The molecule has 1 aliphatic heterocycles. The van der Waals surface area contributed by atoms with Crippen LogP contribution in [0.15, 0.2) is 53.1 Å². The summed E-state index contributed by atoms with van der Waals surface area (Å²) >= 11 is 0. The van der Waals surface area contributed by atoms with Gasteiger partial charge in [-0.15, -0.1) is 0 Å². The molecule has 1 aliphatic rings. The minimum Gasteiger partial charge on any atom is -0.370 e. The quantitative estimate of drug-likeness (QED) is 0.759. The number of para-hydroxylation sites is 3. The highest BCUT2D eigenvalue weighted by molar-refractivity contribution is 5.97. The summed E-state index contributed by atoms with van der Waals surface area (Å²) < 4.78 is 5.29. The van der Waals surface area contributed by atoms with Crippen molar-refractivity contribution >= 4 is 28.3 Å². The van der Waals surface area contributed by atoms with E-state index in [0.29, 0.717) is 11.3 Å². The van der Waals surface area contributed by atoms with Gasteiger partial charge in [0, 0.05) is 18.5 Å². The van der Waals surface area contributed by atoms with Gasteiger partial charge in [-0.3, -0.25) is 4.79 Å². The molecule has 5 heteroatoms. The topological polar surface area (TPSA) is 58.4 Å². The van der Waals surface area contributed by atoms with E-state index in [4.69, 9.17) is 4.52 Å². The second kappa shape index (κ2) is 7.60. The molecule has 1 amide bonds. The monoisotopic (exact) mass is 349 g/mol. The number of aromatic nitrogens is 1. The van der Waals surface area contributed by atoms with Crippen LogP contribution < -0.4 is 10.2 Å². The second-order valence-corrected chi connectivity index (χ2v) is 6.77. The number of nitrogens with one attached hydrogen (secondary N) is 1. The third-order valence-electron chi connectivity index (χ3n) is 4.91. The SMILES string of the molecule is O=C(Cc1noc2ccccc12)Nc1ccccc1N1CCCCCC1. The number of hydrogen-bond acceptors (Lipinski definition) is 4. The molecule has 1 aromatic heterocycles. The van der Waals surface area contributed by atoms with Crippen LogP contribution >= 0.6 is 0 Å². The fourth-order valence-corrected chi connectivity index (χ4v) is 3.58. The number of amides is 1. The van der Waals surface area contributed by atoms with E-state index in [-0.39, 0.29) is 12.3 Å². The Hall–Kier alpha value is -2.82. The van der Waals surface area contributed by atoms with Crippen molar-refractivity contribution in [2.45, 2.75) is 32.1 Å². The van der Waals surface area contributed by atoms with E-state index >= 15 is 0 Å². The Kier molecular flexibility index (Phi) is 4.86. The van der Waals surface area contributed by atoms with Crippen LogP contribution in [0.4, 0.5) is 11.4 Å². The minimum absolute atomic E-state index is 0.0775. The summed E-state index contributed by atoms with van der Waals surface area (Å²) in [6, 6.07) is 15.7. The lowest BCUT2D eigenvalue weighted by Gasteiger charge is -2.25. The van der Waals surface area contributed by atoms with Crippen molar-refractivity contribution in [3.8, 4) is 0 Å². The molecule has 4 rings (SSSR count). The van der Waals surface area contributed by atoms with Gasteiger partial charge >= 0.3 is 0 Å². The Morgan fingerprint density at radius 1 is 1.00 bits per heavy atom. The standard InChI is InChI=1S/C21H23N3O2/c25-21(15-18-16-9-3-6-12-20(16)26-23-18)22-17-10-4-5-11-19(17)24-13-7-1-2-8-14-24/h3-6,9-12H,1-2,7-8,13-15H2,(H,22,25). The van der Waals surface area contributed by atoms with Gasteiger partial charge in [-0.25, -0.2) is 0 Å². The molecule has 0 aliphatic carbocycles. The Balaban J connectivity index is 1.51. The first-order chi connectivity index (χ1) is 12.8. The molecule has 0 unspecified atom stereocenters. The van der Waals surface area contributed by atoms with Gasteiger partial charge in [-0.05, 0) is 37.1 Å². The molecule has 3 aromatic rings. The van der Waals surface area contributed by atoms with Gasteiger partial charge in [0.15, 0.2) is 5.58 Å². The number of benzene rings is 2. The molecule has 26 heavy (non-hydrogen) atoms. The molecule has 1 N–H and O–H groups in total. The lowest BCUT2D eigenvalue weighted by atomic mass is 10.1. The molecule has 134 valence electrons. The Labute approximate surface area is 153 Å². The van der Waals surface area contributed by atoms with Crippen LogP contribution in [0.5, 0.6) is 0 Å². The van der Waals surface area contributed by atoms with Crippen molar-refractivity contribution in [3.05, 3.63) is 54.2 Å². The molecule has 0 spiro atoms.